The summed E-state index contributed by atoms with van der Waals surface area (Å²) in [6.07, 6.45) is 2.32. The molecule has 0 saturated heterocycles. The molecular formula is C21H18FN3O. The highest BCUT2D eigenvalue weighted by atomic mass is 19.1. The van der Waals surface area contributed by atoms with E-state index in [1.54, 1.807) is 6.07 Å². The molecule has 1 saturated carbocycles. The Balaban J connectivity index is 1.77. The van der Waals surface area contributed by atoms with E-state index in [-0.39, 0.29) is 5.82 Å². The standard InChI is InChI=1S/C21H18FN3O/c1-12-4-3-5-16-19(12)24-21(25(2)15-7-8-15)20(23-16)18-11-13-10-14(22)6-9-17(13)26-18/h3-6,9-11,15H,7-8H2,1-2H3. The number of halogens is 1. The summed E-state index contributed by atoms with van der Waals surface area (Å²) in [6, 6.07) is 12.9. The maximum Gasteiger partial charge on any atom is 0.159 e. The molecule has 1 aliphatic rings. The minimum absolute atomic E-state index is 0.277. The highest BCUT2D eigenvalue weighted by molar-refractivity contribution is 5.88. The van der Waals surface area contributed by atoms with Gasteiger partial charge in [-0.15, -0.1) is 0 Å². The van der Waals surface area contributed by atoms with Crippen LogP contribution in [-0.4, -0.2) is 23.1 Å². The number of para-hydroxylation sites is 1. The van der Waals surface area contributed by atoms with Crippen LogP contribution in [0, 0.1) is 12.7 Å². The zero-order valence-corrected chi connectivity index (χ0v) is 14.7. The van der Waals surface area contributed by atoms with E-state index < -0.39 is 0 Å². The summed E-state index contributed by atoms with van der Waals surface area (Å²) in [7, 11) is 2.05. The molecule has 0 unspecified atom stereocenters. The predicted octanol–water partition coefficient (Wildman–Crippen LogP) is 5.09. The Bertz CT molecular complexity index is 1150. The summed E-state index contributed by atoms with van der Waals surface area (Å²) >= 11 is 0. The van der Waals surface area contributed by atoms with E-state index in [0.717, 1.165) is 40.6 Å². The van der Waals surface area contributed by atoms with Crippen molar-refractivity contribution in [2.75, 3.05) is 11.9 Å². The van der Waals surface area contributed by atoms with Crippen molar-refractivity contribution in [2.24, 2.45) is 0 Å². The summed E-state index contributed by atoms with van der Waals surface area (Å²) in [5.74, 6) is 1.15. The number of nitrogens with zero attached hydrogens (tertiary/aromatic N) is 3. The normalized spacial score (nSPS) is 14.3. The van der Waals surface area contributed by atoms with Gasteiger partial charge in [-0.1, -0.05) is 12.1 Å². The largest absolute Gasteiger partial charge is 0.454 e. The zero-order valence-electron chi connectivity index (χ0n) is 14.7. The molecule has 0 radical (unpaired) electrons. The van der Waals surface area contributed by atoms with Crippen LogP contribution >= 0.6 is 0 Å². The molecule has 2 aromatic carbocycles. The molecule has 0 bridgehead atoms. The molecule has 0 atom stereocenters. The van der Waals surface area contributed by atoms with Gasteiger partial charge < -0.3 is 9.32 Å². The molecule has 0 aliphatic heterocycles. The van der Waals surface area contributed by atoms with Crippen LogP contribution in [0.15, 0.2) is 46.9 Å². The second-order valence-electron chi connectivity index (χ2n) is 6.97. The molecule has 2 heterocycles. The van der Waals surface area contributed by atoms with Crippen molar-refractivity contribution in [1.82, 2.24) is 9.97 Å². The number of fused-ring (bicyclic) bond motifs is 2. The Hall–Kier alpha value is -2.95. The number of furan rings is 1. The lowest BCUT2D eigenvalue weighted by Crippen LogP contribution is -2.22. The smallest absolute Gasteiger partial charge is 0.159 e. The number of hydrogen-bond acceptors (Lipinski definition) is 4. The Kier molecular flexibility index (Phi) is 3.26. The fraction of sp³-hybridized carbons (Fsp3) is 0.238. The Morgan fingerprint density at radius 1 is 1.12 bits per heavy atom. The summed E-state index contributed by atoms with van der Waals surface area (Å²) in [5, 5.41) is 0.728. The molecule has 26 heavy (non-hydrogen) atoms. The number of aromatic nitrogens is 2. The monoisotopic (exact) mass is 347 g/mol. The van der Waals surface area contributed by atoms with Crippen LogP contribution in [-0.2, 0) is 0 Å². The van der Waals surface area contributed by atoms with Crippen molar-refractivity contribution < 1.29 is 8.81 Å². The van der Waals surface area contributed by atoms with Crippen LogP contribution in [0.1, 0.15) is 18.4 Å². The SMILES string of the molecule is Cc1cccc2nc(-c3cc4cc(F)ccc4o3)c(N(C)C3CC3)nc12. The molecule has 2 aromatic heterocycles. The van der Waals surface area contributed by atoms with Crippen molar-refractivity contribution in [1.29, 1.82) is 0 Å². The zero-order chi connectivity index (χ0) is 17.8. The maximum absolute atomic E-state index is 13.5. The third-order valence-electron chi connectivity index (χ3n) is 5.02. The van der Waals surface area contributed by atoms with Gasteiger partial charge in [-0.05, 0) is 55.7 Å². The van der Waals surface area contributed by atoms with Gasteiger partial charge in [0, 0.05) is 18.5 Å². The Morgan fingerprint density at radius 2 is 1.96 bits per heavy atom. The molecule has 1 aliphatic carbocycles. The third kappa shape index (κ3) is 2.43. The van der Waals surface area contributed by atoms with Gasteiger partial charge >= 0.3 is 0 Å². The molecule has 130 valence electrons. The van der Waals surface area contributed by atoms with Gasteiger partial charge in [0.05, 0.1) is 11.0 Å². The van der Waals surface area contributed by atoms with E-state index in [0.29, 0.717) is 23.1 Å². The van der Waals surface area contributed by atoms with Gasteiger partial charge in [-0.2, -0.15) is 0 Å². The lowest BCUT2D eigenvalue weighted by atomic mass is 10.1. The molecule has 4 nitrogen and oxygen atoms in total. The number of anilines is 1. The minimum atomic E-state index is -0.277. The van der Waals surface area contributed by atoms with Gasteiger partial charge in [0.1, 0.15) is 17.1 Å². The topological polar surface area (TPSA) is 42.2 Å². The van der Waals surface area contributed by atoms with Crippen molar-refractivity contribution in [3.05, 3.63) is 53.8 Å². The summed E-state index contributed by atoms with van der Waals surface area (Å²) in [5.41, 5.74) is 4.18. The molecule has 1 fully saturated rings. The van der Waals surface area contributed by atoms with Gasteiger partial charge in [-0.3, -0.25) is 0 Å². The summed E-state index contributed by atoms with van der Waals surface area (Å²) in [4.78, 5) is 12.0. The van der Waals surface area contributed by atoms with Crippen LogP contribution in [0.25, 0.3) is 33.5 Å². The lowest BCUT2D eigenvalue weighted by Gasteiger charge is -2.20. The maximum atomic E-state index is 13.5. The molecular weight excluding hydrogens is 329 g/mol. The number of rotatable bonds is 3. The molecule has 5 rings (SSSR count). The Morgan fingerprint density at radius 3 is 2.77 bits per heavy atom. The van der Waals surface area contributed by atoms with Crippen molar-refractivity contribution in [2.45, 2.75) is 25.8 Å². The van der Waals surface area contributed by atoms with Gasteiger partial charge in [0.2, 0.25) is 0 Å². The van der Waals surface area contributed by atoms with E-state index in [2.05, 4.69) is 11.9 Å². The van der Waals surface area contributed by atoms with E-state index in [4.69, 9.17) is 14.4 Å². The average Bonchev–Trinajstić information content (AvgIpc) is 3.40. The second kappa shape index (κ2) is 5.53. The predicted molar refractivity (Wildman–Crippen MR) is 101 cm³/mol. The first kappa shape index (κ1) is 15.3. The fourth-order valence-electron chi connectivity index (χ4n) is 3.39. The van der Waals surface area contributed by atoms with Crippen LogP contribution in [0.2, 0.25) is 0 Å². The van der Waals surface area contributed by atoms with E-state index in [1.807, 2.05) is 31.2 Å². The molecule has 0 N–H and O–H groups in total. The highest BCUT2D eigenvalue weighted by Gasteiger charge is 2.30. The van der Waals surface area contributed by atoms with E-state index in [1.165, 1.54) is 12.1 Å². The van der Waals surface area contributed by atoms with Crippen LogP contribution in [0.5, 0.6) is 0 Å². The molecule has 4 aromatic rings. The second-order valence-corrected chi connectivity index (χ2v) is 6.97. The third-order valence-corrected chi connectivity index (χ3v) is 5.02. The lowest BCUT2D eigenvalue weighted by molar-refractivity contribution is 0.617. The molecule has 0 spiro atoms. The van der Waals surface area contributed by atoms with E-state index >= 15 is 0 Å². The number of hydrogen-bond donors (Lipinski definition) is 0. The first-order valence-corrected chi connectivity index (χ1v) is 8.80. The van der Waals surface area contributed by atoms with Crippen molar-refractivity contribution >= 4 is 27.8 Å². The van der Waals surface area contributed by atoms with Crippen LogP contribution in [0.4, 0.5) is 10.2 Å². The van der Waals surface area contributed by atoms with Gasteiger partial charge in [-0.25, -0.2) is 14.4 Å². The highest BCUT2D eigenvalue weighted by Crippen LogP contribution is 2.38. The molecule has 0 amide bonds. The molecule has 5 heteroatoms. The van der Waals surface area contributed by atoms with Crippen molar-refractivity contribution in [3.63, 3.8) is 0 Å². The van der Waals surface area contributed by atoms with Crippen LogP contribution in [0.3, 0.4) is 0 Å². The van der Waals surface area contributed by atoms with Gasteiger partial charge in [0.25, 0.3) is 0 Å². The Labute approximate surface area is 150 Å². The number of benzene rings is 2. The van der Waals surface area contributed by atoms with Gasteiger partial charge in [0.15, 0.2) is 11.6 Å². The van der Waals surface area contributed by atoms with E-state index in [9.17, 15) is 4.39 Å². The fourth-order valence-corrected chi connectivity index (χ4v) is 3.39. The van der Waals surface area contributed by atoms with Crippen LogP contribution < -0.4 is 4.90 Å². The summed E-state index contributed by atoms with van der Waals surface area (Å²) < 4.78 is 19.5. The number of aryl methyl sites for hydroxylation is 1. The average molecular weight is 347 g/mol. The first-order valence-electron chi connectivity index (χ1n) is 8.80. The first-order chi connectivity index (χ1) is 12.6. The van der Waals surface area contributed by atoms with Crippen molar-refractivity contribution in [3.8, 4) is 11.5 Å². The summed E-state index contributed by atoms with van der Waals surface area (Å²) in [6.45, 7) is 2.04. The minimum Gasteiger partial charge on any atom is -0.454 e. The quantitative estimate of drug-likeness (QED) is 0.518.